The molecule has 0 aliphatic carbocycles. The van der Waals surface area contributed by atoms with Crippen molar-refractivity contribution in [3.05, 3.63) is 62.3 Å². The zero-order chi connectivity index (χ0) is 22.5. The van der Waals surface area contributed by atoms with Crippen LogP contribution >= 0.6 is 0 Å². The van der Waals surface area contributed by atoms with Crippen LogP contribution in [0.4, 0.5) is 19.0 Å². The summed E-state index contributed by atoms with van der Waals surface area (Å²) in [4.78, 5) is 23.1. The maximum atomic E-state index is 13.2. The molecule has 1 atom stereocenters. The van der Waals surface area contributed by atoms with E-state index in [-0.39, 0.29) is 24.6 Å². The summed E-state index contributed by atoms with van der Waals surface area (Å²) < 4.78 is 45.8. The fourth-order valence-electron chi connectivity index (χ4n) is 3.99. The Bertz CT molecular complexity index is 1220. The van der Waals surface area contributed by atoms with E-state index in [1.807, 2.05) is 25.7 Å². The van der Waals surface area contributed by atoms with Crippen molar-refractivity contribution in [2.75, 3.05) is 18.6 Å². The lowest BCUT2D eigenvalue weighted by atomic mass is 9.95. The van der Waals surface area contributed by atoms with Crippen molar-refractivity contribution in [3.8, 4) is 0 Å². The molecule has 0 radical (unpaired) electrons. The molecule has 0 fully saturated rings. The highest BCUT2D eigenvalue weighted by Gasteiger charge is 2.34. The molecule has 0 unspecified atom stereocenters. The molecule has 3 aromatic heterocycles. The van der Waals surface area contributed by atoms with Crippen LogP contribution in [0.15, 0.2) is 23.1 Å². The number of rotatable bonds is 3. The van der Waals surface area contributed by atoms with Gasteiger partial charge in [0.05, 0.1) is 17.9 Å². The third-order valence-electron chi connectivity index (χ3n) is 5.62. The second kappa shape index (κ2) is 7.60. The van der Waals surface area contributed by atoms with Gasteiger partial charge >= 0.3 is 6.18 Å². The van der Waals surface area contributed by atoms with Gasteiger partial charge in [0, 0.05) is 55.2 Å². The van der Waals surface area contributed by atoms with Crippen LogP contribution in [0.5, 0.6) is 0 Å². The first-order valence-corrected chi connectivity index (χ1v) is 9.80. The fraction of sp³-hybridized carbons (Fsp3) is 0.429. The average Bonchev–Trinajstić information content (AvgIpc) is 2.70. The highest BCUT2D eigenvalue weighted by molar-refractivity contribution is 5.60. The first kappa shape index (κ1) is 21.2. The minimum Gasteiger partial charge on any atom is -0.378 e. The molecule has 31 heavy (non-hydrogen) atoms. The Morgan fingerprint density at radius 3 is 2.65 bits per heavy atom. The van der Waals surface area contributed by atoms with E-state index >= 15 is 0 Å². The average molecular weight is 433 g/mol. The quantitative estimate of drug-likeness (QED) is 0.631. The fourth-order valence-corrected chi connectivity index (χ4v) is 3.99. The van der Waals surface area contributed by atoms with Crippen LogP contribution in [0, 0.1) is 13.8 Å². The molecular weight excluding hydrogens is 411 g/mol. The maximum Gasteiger partial charge on any atom is 0.417 e. The number of ether oxygens (including phenoxy) is 1. The zero-order valence-electron chi connectivity index (χ0n) is 17.6. The van der Waals surface area contributed by atoms with Crippen LogP contribution in [0.1, 0.15) is 46.5 Å². The molecular formula is C21H22F3N5O2. The maximum absolute atomic E-state index is 13.2. The smallest absolute Gasteiger partial charge is 0.378 e. The molecule has 0 amide bonds. The van der Waals surface area contributed by atoms with Crippen molar-refractivity contribution < 1.29 is 17.9 Å². The number of halogens is 3. The summed E-state index contributed by atoms with van der Waals surface area (Å²) in [7, 11) is 1.53. The van der Waals surface area contributed by atoms with Crippen molar-refractivity contribution in [2.24, 2.45) is 0 Å². The van der Waals surface area contributed by atoms with E-state index < -0.39 is 11.7 Å². The Balaban J connectivity index is 1.81. The molecule has 0 N–H and O–H groups in total. The normalized spacial score (nSPS) is 16.6. The summed E-state index contributed by atoms with van der Waals surface area (Å²) in [5, 5.41) is 4.52. The van der Waals surface area contributed by atoms with E-state index in [1.165, 1.54) is 17.7 Å². The van der Waals surface area contributed by atoms with Gasteiger partial charge in [0.2, 0.25) is 0 Å². The first-order chi connectivity index (χ1) is 14.6. The summed E-state index contributed by atoms with van der Waals surface area (Å²) in [6, 6.07) is 2.52. The monoisotopic (exact) mass is 433 g/mol. The van der Waals surface area contributed by atoms with Gasteiger partial charge in [0.15, 0.2) is 11.5 Å². The zero-order valence-corrected chi connectivity index (χ0v) is 17.6. The highest BCUT2D eigenvalue weighted by Crippen LogP contribution is 2.35. The number of hydrogen-bond acceptors (Lipinski definition) is 6. The Labute approximate surface area is 176 Å². The van der Waals surface area contributed by atoms with Gasteiger partial charge in [0.1, 0.15) is 0 Å². The van der Waals surface area contributed by atoms with Gasteiger partial charge in [-0.25, -0.2) is 4.98 Å². The van der Waals surface area contributed by atoms with Gasteiger partial charge < -0.3 is 9.64 Å². The molecule has 4 rings (SSSR count). The van der Waals surface area contributed by atoms with Crippen molar-refractivity contribution in [1.29, 1.82) is 0 Å². The standard InChI is InChI=1S/C21H22F3N5O2/c1-11-8-28(9-14-5-15(21(22,23)24)7-25-18(11)14)20-13(3)12(2)19-26-16(10-31-4)6-17(30)29(19)27-20/h5-7,11H,8-10H2,1-4H3/t11-/m0/s1. The van der Waals surface area contributed by atoms with Crippen molar-refractivity contribution in [1.82, 2.24) is 19.6 Å². The lowest BCUT2D eigenvalue weighted by molar-refractivity contribution is -0.137. The van der Waals surface area contributed by atoms with Gasteiger partial charge in [-0.1, -0.05) is 6.92 Å². The minimum atomic E-state index is -4.46. The molecule has 3 aromatic rings. The van der Waals surface area contributed by atoms with E-state index in [9.17, 15) is 18.0 Å². The minimum absolute atomic E-state index is 0.0952. The third-order valence-corrected chi connectivity index (χ3v) is 5.62. The second-order valence-electron chi connectivity index (χ2n) is 7.88. The summed E-state index contributed by atoms with van der Waals surface area (Å²) in [6.45, 7) is 6.59. The van der Waals surface area contributed by atoms with E-state index in [4.69, 9.17) is 4.74 Å². The number of methoxy groups -OCH3 is 1. The summed E-state index contributed by atoms with van der Waals surface area (Å²) in [6.07, 6.45) is -3.57. The molecule has 10 heteroatoms. The summed E-state index contributed by atoms with van der Waals surface area (Å²) in [5.41, 5.74) is 2.59. The van der Waals surface area contributed by atoms with Crippen molar-refractivity contribution in [2.45, 2.75) is 46.0 Å². The van der Waals surface area contributed by atoms with Crippen LogP contribution in [0.2, 0.25) is 0 Å². The van der Waals surface area contributed by atoms with E-state index in [1.54, 1.807) is 0 Å². The molecule has 1 aliphatic rings. The summed E-state index contributed by atoms with van der Waals surface area (Å²) in [5.74, 6) is 0.450. The Morgan fingerprint density at radius 1 is 1.23 bits per heavy atom. The SMILES string of the molecule is COCc1cc(=O)n2nc(N3Cc4cc(C(F)(F)F)cnc4[C@@H](C)C3)c(C)c(C)c2n1. The second-order valence-corrected chi connectivity index (χ2v) is 7.88. The van der Waals surface area contributed by atoms with Crippen LogP contribution < -0.4 is 10.5 Å². The summed E-state index contributed by atoms with van der Waals surface area (Å²) >= 11 is 0. The molecule has 0 saturated carbocycles. The van der Waals surface area contributed by atoms with Crippen LogP contribution in [-0.2, 0) is 24.1 Å². The van der Waals surface area contributed by atoms with Crippen LogP contribution in [-0.4, -0.2) is 33.2 Å². The molecule has 0 bridgehead atoms. The lowest BCUT2D eigenvalue weighted by Gasteiger charge is -2.34. The van der Waals surface area contributed by atoms with E-state index in [0.717, 1.165) is 23.4 Å². The molecule has 1 aliphatic heterocycles. The molecule has 0 aromatic carbocycles. The molecule has 0 spiro atoms. The molecule has 0 saturated heterocycles. The van der Waals surface area contributed by atoms with Gasteiger partial charge in [0.25, 0.3) is 5.56 Å². The number of hydrogen-bond donors (Lipinski definition) is 0. The number of aromatic nitrogens is 4. The number of fused-ring (bicyclic) bond motifs is 2. The number of nitrogens with zero attached hydrogens (tertiary/aromatic N) is 5. The van der Waals surface area contributed by atoms with Crippen LogP contribution in [0.3, 0.4) is 0 Å². The van der Waals surface area contributed by atoms with Gasteiger partial charge in [-0.05, 0) is 25.5 Å². The number of aryl methyl sites for hydroxylation is 1. The Morgan fingerprint density at radius 2 is 1.97 bits per heavy atom. The molecule has 164 valence electrons. The Kier molecular flexibility index (Phi) is 5.20. The van der Waals surface area contributed by atoms with E-state index in [0.29, 0.717) is 35.0 Å². The largest absolute Gasteiger partial charge is 0.417 e. The van der Waals surface area contributed by atoms with Crippen molar-refractivity contribution >= 4 is 11.5 Å². The third kappa shape index (κ3) is 3.76. The number of anilines is 1. The number of alkyl halides is 3. The van der Waals surface area contributed by atoms with Gasteiger partial charge in [-0.2, -0.15) is 17.7 Å². The van der Waals surface area contributed by atoms with E-state index in [2.05, 4.69) is 15.1 Å². The lowest BCUT2D eigenvalue weighted by Crippen LogP contribution is -2.36. The van der Waals surface area contributed by atoms with Gasteiger partial charge in [-0.15, -0.1) is 5.10 Å². The first-order valence-electron chi connectivity index (χ1n) is 9.80. The van der Waals surface area contributed by atoms with Gasteiger partial charge in [-0.3, -0.25) is 9.78 Å². The van der Waals surface area contributed by atoms with Crippen molar-refractivity contribution in [3.63, 3.8) is 0 Å². The van der Waals surface area contributed by atoms with Crippen LogP contribution in [0.25, 0.3) is 5.65 Å². The predicted octanol–water partition coefficient (Wildman–Crippen LogP) is 3.39. The number of pyridine rings is 1. The molecule has 7 nitrogen and oxygen atoms in total. The topological polar surface area (TPSA) is 72.6 Å². The molecule has 4 heterocycles. The predicted molar refractivity (Wildman–Crippen MR) is 108 cm³/mol. The Hall–Kier alpha value is -3.01. The highest BCUT2D eigenvalue weighted by atomic mass is 19.4.